The lowest BCUT2D eigenvalue weighted by Gasteiger charge is -2.00. The maximum atomic E-state index is 10.7. The van der Waals surface area contributed by atoms with Crippen molar-refractivity contribution < 1.29 is 9.53 Å². The van der Waals surface area contributed by atoms with Gasteiger partial charge in [-0.25, -0.2) is 0 Å². The van der Waals surface area contributed by atoms with E-state index in [0.717, 1.165) is 0 Å². The van der Waals surface area contributed by atoms with Gasteiger partial charge in [0.05, 0.1) is 11.5 Å². The van der Waals surface area contributed by atoms with Crippen LogP contribution in [0.1, 0.15) is 6.92 Å². The van der Waals surface area contributed by atoms with Gasteiger partial charge in [0, 0.05) is 13.7 Å². The highest BCUT2D eigenvalue weighted by Crippen LogP contribution is 1.74. The Kier molecular flexibility index (Phi) is 5.06. The van der Waals surface area contributed by atoms with E-state index < -0.39 is 0 Å². The summed E-state index contributed by atoms with van der Waals surface area (Å²) < 4.78 is 4.71. The highest BCUT2D eigenvalue weighted by atomic mass is 32.1. The van der Waals surface area contributed by atoms with Crippen molar-refractivity contribution in [3.05, 3.63) is 0 Å². The van der Waals surface area contributed by atoms with Crippen LogP contribution in [0.25, 0.3) is 0 Å². The molecular weight excluding hydrogens is 150 g/mol. The summed E-state index contributed by atoms with van der Waals surface area (Å²) in [6.45, 7) is 2.63. The standard InChI is InChI=1S/C6H11NO2S/c1-5(10)6(8)7-3-4-9-2/h3-4H2,1-2H3,(H,7,8). The van der Waals surface area contributed by atoms with Crippen molar-refractivity contribution in [3.8, 4) is 0 Å². The molecule has 0 heterocycles. The molecule has 0 aliphatic heterocycles. The van der Waals surface area contributed by atoms with Gasteiger partial charge in [0.2, 0.25) is 0 Å². The van der Waals surface area contributed by atoms with Crippen LogP contribution >= 0.6 is 12.2 Å². The fraction of sp³-hybridized carbons (Fsp3) is 0.667. The largest absolute Gasteiger partial charge is 0.383 e. The Morgan fingerprint density at radius 2 is 2.30 bits per heavy atom. The van der Waals surface area contributed by atoms with E-state index in [-0.39, 0.29) is 5.91 Å². The van der Waals surface area contributed by atoms with Crippen molar-refractivity contribution in [3.63, 3.8) is 0 Å². The first-order valence-corrected chi connectivity index (χ1v) is 3.37. The fourth-order valence-electron chi connectivity index (χ4n) is 0.391. The third-order valence-electron chi connectivity index (χ3n) is 0.912. The molecule has 0 radical (unpaired) electrons. The average molecular weight is 161 g/mol. The molecule has 58 valence electrons. The molecule has 0 saturated carbocycles. The van der Waals surface area contributed by atoms with Crippen molar-refractivity contribution >= 4 is 23.0 Å². The van der Waals surface area contributed by atoms with Crippen molar-refractivity contribution in [2.45, 2.75) is 6.92 Å². The molecule has 0 saturated heterocycles. The zero-order chi connectivity index (χ0) is 7.98. The van der Waals surface area contributed by atoms with Crippen LogP contribution in [0.4, 0.5) is 0 Å². The van der Waals surface area contributed by atoms with Crippen LogP contribution in [0.2, 0.25) is 0 Å². The van der Waals surface area contributed by atoms with Gasteiger partial charge in [0.1, 0.15) is 0 Å². The highest BCUT2D eigenvalue weighted by molar-refractivity contribution is 7.82. The van der Waals surface area contributed by atoms with Crippen LogP contribution in [-0.4, -0.2) is 31.0 Å². The molecular formula is C6H11NO2S. The number of hydrogen-bond acceptors (Lipinski definition) is 3. The molecule has 0 aliphatic rings. The minimum absolute atomic E-state index is 0.188. The summed E-state index contributed by atoms with van der Waals surface area (Å²) in [5, 5.41) is 2.58. The van der Waals surface area contributed by atoms with Gasteiger partial charge in [0.25, 0.3) is 5.91 Å². The Bertz CT molecular complexity index is 136. The molecule has 0 aromatic heterocycles. The van der Waals surface area contributed by atoms with Crippen molar-refractivity contribution in [2.24, 2.45) is 0 Å². The maximum absolute atomic E-state index is 10.7. The van der Waals surface area contributed by atoms with Crippen molar-refractivity contribution in [2.75, 3.05) is 20.3 Å². The van der Waals surface area contributed by atoms with E-state index in [4.69, 9.17) is 4.74 Å². The lowest BCUT2D eigenvalue weighted by molar-refractivity contribution is -0.114. The van der Waals surface area contributed by atoms with Crippen LogP contribution < -0.4 is 5.32 Å². The van der Waals surface area contributed by atoms with Gasteiger partial charge >= 0.3 is 0 Å². The molecule has 10 heavy (non-hydrogen) atoms. The minimum Gasteiger partial charge on any atom is -0.383 e. The second kappa shape index (κ2) is 5.32. The van der Waals surface area contributed by atoms with Gasteiger partial charge in [0.15, 0.2) is 0 Å². The number of amides is 1. The van der Waals surface area contributed by atoms with Crippen LogP contribution in [0.15, 0.2) is 0 Å². The van der Waals surface area contributed by atoms with Crippen molar-refractivity contribution in [1.29, 1.82) is 0 Å². The lowest BCUT2D eigenvalue weighted by atomic mass is 10.4. The van der Waals surface area contributed by atoms with Crippen LogP contribution in [-0.2, 0) is 9.53 Å². The minimum atomic E-state index is -0.188. The van der Waals surface area contributed by atoms with E-state index in [9.17, 15) is 4.79 Å². The Morgan fingerprint density at radius 3 is 2.70 bits per heavy atom. The second-order valence-electron chi connectivity index (χ2n) is 1.80. The number of ether oxygens (including phenoxy) is 1. The van der Waals surface area contributed by atoms with E-state index in [0.29, 0.717) is 18.0 Å². The molecule has 0 aromatic rings. The summed E-state index contributed by atoms with van der Waals surface area (Å²) in [4.78, 5) is 11.1. The third kappa shape index (κ3) is 4.40. The summed E-state index contributed by atoms with van der Waals surface area (Å²) in [7, 11) is 1.58. The molecule has 0 bridgehead atoms. The molecule has 1 N–H and O–H groups in total. The first kappa shape index (κ1) is 9.52. The number of carbonyl (C=O) groups excluding carboxylic acids is 1. The monoisotopic (exact) mass is 161 g/mol. The van der Waals surface area contributed by atoms with Gasteiger partial charge in [-0.1, -0.05) is 12.2 Å². The molecule has 0 spiro atoms. The molecule has 1 amide bonds. The van der Waals surface area contributed by atoms with E-state index in [1.165, 1.54) is 0 Å². The quantitative estimate of drug-likeness (QED) is 0.471. The summed E-state index contributed by atoms with van der Waals surface area (Å²) in [5.41, 5.74) is 0. The SMILES string of the molecule is COCCNC(=O)C(C)=S. The molecule has 4 heteroatoms. The number of carbonyl (C=O) groups is 1. The van der Waals surface area contributed by atoms with E-state index in [1.807, 2.05) is 0 Å². The Morgan fingerprint density at radius 1 is 1.70 bits per heavy atom. The first-order chi connectivity index (χ1) is 4.68. The number of nitrogens with one attached hydrogen (secondary N) is 1. The van der Waals surface area contributed by atoms with Gasteiger partial charge in [-0.15, -0.1) is 0 Å². The highest BCUT2D eigenvalue weighted by Gasteiger charge is 1.99. The Hall–Kier alpha value is -0.480. The molecule has 0 atom stereocenters. The Balaban J connectivity index is 3.31. The molecule has 0 aliphatic carbocycles. The fourth-order valence-corrected chi connectivity index (χ4v) is 0.463. The predicted molar refractivity (Wildman–Crippen MR) is 43.2 cm³/mol. The first-order valence-electron chi connectivity index (χ1n) is 2.96. The normalized spacial score (nSPS) is 9.00. The molecule has 3 nitrogen and oxygen atoms in total. The maximum Gasteiger partial charge on any atom is 0.257 e. The summed E-state index contributed by atoms with van der Waals surface area (Å²) in [6, 6.07) is 0. The Labute approximate surface area is 65.7 Å². The predicted octanol–water partition coefficient (Wildman–Crippen LogP) is 0.139. The van der Waals surface area contributed by atoms with E-state index in [2.05, 4.69) is 17.5 Å². The number of hydrogen-bond donors (Lipinski definition) is 1. The summed E-state index contributed by atoms with van der Waals surface area (Å²) >= 11 is 4.61. The average Bonchev–Trinajstić information content (AvgIpc) is 1.88. The molecule has 0 unspecified atom stereocenters. The van der Waals surface area contributed by atoms with Crippen LogP contribution in [0.3, 0.4) is 0 Å². The number of thiocarbonyl (C=S) groups is 1. The van der Waals surface area contributed by atoms with Gasteiger partial charge < -0.3 is 10.1 Å². The van der Waals surface area contributed by atoms with Crippen molar-refractivity contribution in [1.82, 2.24) is 5.32 Å². The van der Waals surface area contributed by atoms with Crippen LogP contribution in [0.5, 0.6) is 0 Å². The van der Waals surface area contributed by atoms with Crippen LogP contribution in [0, 0.1) is 0 Å². The van der Waals surface area contributed by atoms with Gasteiger partial charge in [-0.05, 0) is 6.92 Å². The second-order valence-corrected chi connectivity index (χ2v) is 2.42. The zero-order valence-electron chi connectivity index (χ0n) is 6.14. The molecule has 0 aromatic carbocycles. The molecule has 0 rings (SSSR count). The molecule has 0 fully saturated rings. The van der Waals surface area contributed by atoms with Gasteiger partial charge in [-0.2, -0.15) is 0 Å². The van der Waals surface area contributed by atoms with Gasteiger partial charge in [-0.3, -0.25) is 4.79 Å². The number of methoxy groups -OCH3 is 1. The summed E-state index contributed by atoms with van der Waals surface area (Å²) in [5.74, 6) is -0.188. The topological polar surface area (TPSA) is 38.3 Å². The smallest absolute Gasteiger partial charge is 0.257 e. The third-order valence-corrected chi connectivity index (χ3v) is 1.10. The summed E-state index contributed by atoms with van der Waals surface area (Å²) in [6.07, 6.45) is 0. The van der Waals surface area contributed by atoms with E-state index in [1.54, 1.807) is 14.0 Å². The zero-order valence-corrected chi connectivity index (χ0v) is 6.96. The lowest BCUT2D eigenvalue weighted by Crippen LogP contribution is -2.30. The number of rotatable bonds is 4. The van der Waals surface area contributed by atoms with E-state index >= 15 is 0 Å².